The number of aromatic nitrogens is 3. The van der Waals surface area contributed by atoms with Gasteiger partial charge in [-0.15, -0.1) is 10.2 Å². The summed E-state index contributed by atoms with van der Waals surface area (Å²) in [6, 6.07) is 11.2. The molecule has 2 aromatic carbocycles. The van der Waals surface area contributed by atoms with E-state index >= 15 is 0 Å². The van der Waals surface area contributed by atoms with Gasteiger partial charge in [0.25, 0.3) is 5.91 Å². The third-order valence-corrected chi connectivity index (χ3v) is 4.43. The topological polar surface area (TPSA) is 69.0 Å². The van der Waals surface area contributed by atoms with E-state index in [1.165, 1.54) is 12.1 Å². The Kier molecular flexibility index (Phi) is 6.18. The largest absolute Gasteiger partial charge is 0.454 e. The maximum atomic E-state index is 14.3. The van der Waals surface area contributed by atoms with Gasteiger partial charge in [0.15, 0.2) is 11.6 Å². The van der Waals surface area contributed by atoms with E-state index in [0.717, 1.165) is 22.9 Å². The minimum Gasteiger partial charge on any atom is -0.454 e. The van der Waals surface area contributed by atoms with Crippen molar-refractivity contribution in [2.24, 2.45) is 0 Å². The van der Waals surface area contributed by atoms with Crippen LogP contribution in [0.15, 0.2) is 53.3 Å². The lowest BCUT2D eigenvalue weighted by atomic mass is 10.2. The Bertz CT molecular complexity index is 928. The second kappa shape index (κ2) is 8.77. The number of rotatable bonds is 7. The van der Waals surface area contributed by atoms with Crippen LogP contribution in [0.2, 0.25) is 0 Å². The predicted molar refractivity (Wildman–Crippen MR) is 102 cm³/mol. The highest BCUT2D eigenvalue weighted by molar-refractivity contribution is 9.10. The van der Waals surface area contributed by atoms with Crippen LogP contribution in [0.4, 0.5) is 4.39 Å². The minimum absolute atomic E-state index is 0.0601. The lowest BCUT2D eigenvalue weighted by Gasteiger charge is -2.09. The van der Waals surface area contributed by atoms with Gasteiger partial charge in [-0.1, -0.05) is 15.9 Å². The molecule has 140 valence electrons. The van der Waals surface area contributed by atoms with Gasteiger partial charge in [0.05, 0.1) is 0 Å². The fourth-order valence-electron chi connectivity index (χ4n) is 2.48. The van der Waals surface area contributed by atoms with Crippen molar-refractivity contribution in [1.29, 1.82) is 0 Å². The fraction of sp³-hybridized carbons (Fsp3) is 0.211. The summed E-state index contributed by atoms with van der Waals surface area (Å²) in [4.78, 5) is 12.2. The van der Waals surface area contributed by atoms with Crippen molar-refractivity contribution >= 4 is 21.8 Å². The standard InChI is InChI=1S/C19H18BrFN4O2/c1-2-25-12-23-24-18(25)9-10-22-19(26)13-3-8-17(16(21)11-13)27-15-6-4-14(20)5-7-15/h3-8,11-12H,2,9-10H2,1H3,(H,22,26). The number of hydrogen-bond acceptors (Lipinski definition) is 4. The molecular formula is C19H18BrFN4O2. The molecule has 0 aliphatic rings. The molecule has 0 radical (unpaired) electrons. The van der Waals surface area contributed by atoms with Gasteiger partial charge in [-0.25, -0.2) is 4.39 Å². The van der Waals surface area contributed by atoms with E-state index < -0.39 is 5.82 Å². The van der Waals surface area contributed by atoms with Crippen LogP contribution in [-0.2, 0) is 13.0 Å². The average molecular weight is 433 g/mol. The molecule has 8 heteroatoms. The van der Waals surface area contributed by atoms with Gasteiger partial charge >= 0.3 is 0 Å². The lowest BCUT2D eigenvalue weighted by Crippen LogP contribution is -2.26. The van der Waals surface area contributed by atoms with Crippen LogP contribution >= 0.6 is 15.9 Å². The van der Waals surface area contributed by atoms with Gasteiger partial charge < -0.3 is 14.6 Å². The molecule has 3 aromatic rings. The second-order valence-corrected chi connectivity index (χ2v) is 6.66. The number of amides is 1. The third kappa shape index (κ3) is 4.91. The minimum atomic E-state index is -0.601. The average Bonchev–Trinajstić information content (AvgIpc) is 3.12. The first kappa shape index (κ1) is 19.0. The van der Waals surface area contributed by atoms with Crippen LogP contribution in [0, 0.1) is 5.82 Å². The van der Waals surface area contributed by atoms with Crippen LogP contribution in [0.25, 0.3) is 0 Å². The van der Waals surface area contributed by atoms with Crippen molar-refractivity contribution in [2.45, 2.75) is 19.9 Å². The maximum absolute atomic E-state index is 14.3. The van der Waals surface area contributed by atoms with E-state index in [4.69, 9.17) is 4.74 Å². The summed E-state index contributed by atoms with van der Waals surface area (Å²) >= 11 is 3.33. The van der Waals surface area contributed by atoms with Gasteiger partial charge in [0, 0.05) is 29.5 Å². The number of benzene rings is 2. The molecule has 0 saturated heterocycles. The van der Waals surface area contributed by atoms with Crippen molar-refractivity contribution in [1.82, 2.24) is 20.1 Å². The lowest BCUT2D eigenvalue weighted by molar-refractivity contribution is 0.0953. The van der Waals surface area contributed by atoms with Crippen LogP contribution in [0.5, 0.6) is 11.5 Å². The summed E-state index contributed by atoms with van der Waals surface area (Å²) in [7, 11) is 0. The van der Waals surface area contributed by atoms with Gasteiger partial charge in [-0.3, -0.25) is 4.79 Å². The molecule has 0 aliphatic heterocycles. The number of nitrogens with zero attached hydrogens (tertiary/aromatic N) is 3. The molecule has 0 saturated carbocycles. The zero-order chi connectivity index (χ0) is 19.2. The Hall–Kier alpha value is -2.74. The normalized spacial score (nSPS) is 10.6. The summed E-state index contributed by atoms with van der Waals surface area (Å²) in [6.07, 6.45) is 2.20. The first-order chi connectivity index (χ1) is 13.1. The van der Waals surface area contributed by atoms with Gasteiger partial charge in [0.1, 0.15) is 17.9 Å². The number of ether oxygens (including phenoxy) is 1. The summed E-state index contributed by atoms with van der Waals surface area (Å²) in [6.45, 7) is 3.14. The monoisotopic (exact) mass is 432 g/mol. The van der Waals surface area contributed by atoms with Crippen molar-refractivity contribution in [3.63, 3.8) is 0 Å². The quantitative estimate of drug-likeness (QED) is 0.613. The molecule has 0 aliphatic carbocycles. The van der Waals surface area contributed by atoms with E-state index in [2.05, 4.69) is 31.4 Å². The Morgan fingerprint density at radius 3 is 2.74 bits per heavy atom. The molecule has 0 unspecified atom stereocenters. The number of halogens is 2. The number of aryl methyl sites for hydroxylation is 1. The van der Waals surface area contributed by atoms with E-state index in [1.54, 1.807) is 30.6 Å². The van der Waals surface area contributed by atoms with Crippen LogP contribution in [-0.4, -0.2) is 27.2 Å². The molecule has 0 bridgehead atoms. The van der Waals surface area contributed by atoms with E-state index in [-0.39, 0.29) is 17.2 Å². The molecule has 1 N–H and O–H groups in total. The second-order valence-electron chi connectivity index (χ2n) is 5.74. The van der Waals surface area contributed by atoms with Gasteiger partial charge in [-0.2, -0.15) is 0 Å². The summed E-state index contributed by atoms with van der Waals surface area (Å²) in [5.74, 6) is 0.407. The molecule has 0 fully saturated rings. The van der Waals surface area contributed by atoms with Crippen molar-refractivity contribution in [3.8, 4) is 11.5 Å². The molecule has 3 rings (SSSR count). The van der Waals surface area contributed by atoms with Crippen LogP contribution in [0.3, 0.4) is 0 Å². The number of nitrogens with one attached hydrogen (secondary N) is 1. The SMILES string of the molecule is CCn1cnnc1CCNC(=O)c1ccc(Oc2ccc(Br)cc2)c(F)c1. The highest BCUT2D eigenvalue weighted by atomic mass is 79.9. The number of hydrogen-bond donors (Lipinski definition) is 1. The number of carbonyl (C=O) groups excluding carboxylic acids is 1. The first-order valence-electron chi connectivity index (χ1n) is 8.44. The summed E-state index contributed by atoms with van der Waals surface area (Å²) in [5.41, 5.74) is 0.229. The Morgan fingerprint density at radius 2 is 2.04 bits per heavy atom. The van der Waals surface area contributed by atoms with Crippen LogP contribution < -0.4 is 10.1 Å². The van der Waals surface area contributed by atoms with Gasteiger partial charge in [-0.05, 0) is 49.4 Å². The van der Waals surface area contributed by atoms with E-state index in [1.807, 2.05) is 11.5 Å². The highest BCUT2D eigenvalue weighted by Crippen LogP contribution is 2.26. The fourth-order valence-corrected chi connectivity index (χ4v) is 2.75. The van der Waals surface area contributed by atoms with Crippen molar-refractivity contribution in [2.75, 3.05) is 6.54 Å². The molecule has 0 spiro atoms. The molecule has 1 amide bonds. The van der Waals surface area contributed by atoms with Crippen molar-refractivity contribution in [3.05, 3.63) is 70.5 Å². The molecule has 27 heavy (non-hydrogen) atoms. The molecular weight excluding hydrogens is 415 g/mol. The predicted octanol–water partition coefficient (Wildman–Crippen LogP) is 3.96. The molecule has 1 aromatic heterocycles. The molecule has 6 nitrogen and oxygen atoms in total. The van der Waals surface area contributed by atoms with Gasteiger partial charge in [0.2, 0.25) is 0 Å². The Labute approximate surface area is 164 Å². The molecule has 0 atom stereocenters. The third-order valence-electron chi connectivity index (χ3n) is 3.91. The zero-order valence-corrected chi connectivity index (χ0v) is 16.2. The van der Waals surface area contributed by atoms with Crippen LogP contribution in [0.1, 0.15) is 23.1 Å². The smallest absolute Gasteiger partial charge is 0.251 e. The van der Waals surface area contributed by atoms with E-state index in [0.29, 0.717) is 18.7 Å². The first-order valence-corrected chi connectivity index (χ1v) is 9.24. The van der Waals surface area contributed by atoms with Crippen molar-refractivity contribution < 1.29 is 13.9 Å². The maximum Gasteiger partial charge on any atom is 0.251 e. The Balaban J connectivity index is 1.59. The van der Waals surface area contributed by atoms with E-state index in [9.17, 15) is 9.18 Å². The summed E-state index contributed by atoms with van der Waals surface area (Å²) < 4.78 is 22.6. The Morgan fingerprint density at radius 1 is 1.26 bits per heavy atom. The summed E-state index contributed by atoms with van der Waals surface area (Å²) in [5, 5.41) is 10.6. The highest BCUT2D eigenvalue weighted by Gasteiger charge is 2.12. The zero-order valence-electron chi connectivity index (χ0n) is 14.7. The molecule has 1 heterocycles. The number of carbonyl (C=O) groups is 1.